The second kappa shape index (κ2) is 10.4. The molecule has 2 nitrogen and oxygen atoms in total. The van der Waals surface area contributed by atoms with Crippen LogP contribution in [0.5, 0.6) is 0 Å². The molecular weight excluding hydrogens is 391 g/mol. The number of halogens is 5. The minimum Gasteiger partial charge on any atom is -0.478 e. The summed E-state index contributed by atoms with van der Waals surface area (Å²) in [5.41, 5.74) is -0.119. The Kier molecular flexibility index (Phi) is 8.17. The average molecular weight is 414 g/mol. The van der Waals surface area contributed by atoms with Gasteiger partial charge in [0.15, 0.2) is 17.5 Å². The van der Waals surface area contributed by atoms with E-state index in [4.69, 9.17) is 0 Å². The van der Waals surface area contributed by atoms with E-state index < -0.39 is 35.8 Å². The number of hydrogen-bond donors (Lipinski definition) is 1. The number of rotatable bonds is 10. The fourth-order valence-electron chi connectivity index (χ4n) is 3.33. The zero-order valence-electron chi connectivity index (χ0n) is 16.0. The number of alkyl halides is 2. The van der Waals surface area contributed by atoms with Crippen LogP contribution in [0.25, 0.3) is 11.1 Å². The molecule has 0 spiro atoms. The van der Waals surface area contributed by atoms with Gasteiger partial charge in [-0.3, -0.25) is 0 Å². The Labute approximate surface area is 166 Å². The summed E-state index contributed by atoms with van der Waals surface area (Å²) in [6.07, 6.45) is -1.13. The minimum absolute atomic E-state index is 0.0314. The molecule has 0 saturated heterocycles. The second-order valence-electron chi connectivity index (χ2n) is 7.01. The van der Waals surface area contributed by atoms with Crippen molar-refractivity contribution in [2.75, 3.05) is 0 Å². The molecule has 0 fully saturated rings. The predicted octanol–water partition coefficient (Wildman–Crippen LogP) is 6.66. The molecule has 2 atom stereocenters. The van der Waals surface area contributed by atoms with Gasteiger partial charge in [0.25, 0.3) is 0 Å². The van der Waals surface area contributed by atoms with Crippen molar-refractivity contribution in [3.8, 4) is 11.1 Å². The normalized spacial score (nSPS) is 13.3. The highest BCUT2D eigenvalue weighted by molar-refractivity contribution is 5.92. The zero-order chi connectivity index (χ0) is 21.6. The molecule has 1 N–H and O–H groups in total. The molecule has 0 bridgehead atoms. The van der Waals surface area contributed by atoms with E-state index in [1.807, 2.05) is 6.92 Å². The van der Waals surface area contributed by atoms with Gasteiger partial charge < -0.3 is 5.11 Å². The average Bonchev–Trinajstić information content (AvgIpc) is 2.65. The molecule has 0 saturated carbocycles. The molecule has 0 aliphatic carbocycles. The van der Waals surface area contributed by atoms with Crippen LogP contribution in [-0.2, 0) is 6.42 Å². The standard InChI is InChI=1S/C22H23F5O2/c1-2-5-14(23)6-3-7-15(24)12-18-16(8-4-9-17(18)22(28)29)13-10-19(25)21(27)20(26)11-13/h4,8-11,14-15H,2-3,5-7,12H2,1H3,(H,28,29). The number of benzene rings is 2. The van der Waals surface area contributed by atoms with Crippen LogP contribution in [0, 0.1) is 17.5 Å². The molecule has 0 amide bonds. The summed E-state index contributed by atoms with van der Waals surface area (Å²) < 4.78 is 68.7. The molecule has 0 aliphatic heterocycles. The van der Waals surface area contributed by atoms with Crippen molar-refractivity contribution < 1.29 is 31.9 Å². The maximum Gasteiger partial charge on any atom is 0.335 e. The van der Waals surface area contributed by atoms with E-state index in [9.17, 15) is 31.9 Å². The number of aromatic carboxylic acids is 1. The maximum absolute atomic E-state index is 14.6. The molecule has 2 aromatic rings. The number of carboxylic acids is 1. The van der Waals surface area contributed by atoms with Crippen LogP contribution in [0.4, 0.5) is 22.0 Å². The third-order valence-electron chi connectivity index (χ3n) is 4.76. The largest absolute Gasteiger partial charge is 0.478 e. The predicted molar refractivity (Wildman–Crippen MR) is 101 cm³/mol. The van der Waals surface area contributed by atoms with E-state index in [1.165, 1.54) is 18.2 Å². The first-order valence-corrected chi connectivity index (χ1v) is 9.52. The molecule has 7 heteroatoms. The van der Waals surface area contributed by atoms with Crippen molar-refractivity contribution in [1.29, 1.82) is 0 Å². The summed E-state index contributed by atoms with van der Waals surface area (Å²) >= 11 is 0. The Bertz CT molecular complexity index is 830. The van der Waals surface area contributed by atoms with Crippen molar-refractivity contribution in [3.63, 3.8) is 0 Å². The summed E-state index contributed by atoms with van der Waals surface area (Å²) in [6, 6.07) is 5.53. The smallest absolute Gasteiger partial charge is 0.335 e. The molecule has 0 heterocycles. The van der Waals surface area contributed by atoms with Crippen LogP contribution < -0.4 is 0 Å². The Hall–Kier alpha value is -2.44. The molecular formula is C22H23F5O2. The van der Waals surface area contributed by atoms with Gasteiger partial charge in [-0.15, -0.1) is 0 Å². The first-order chi connectivity index (χ1) is 13.7. The summed E-state index contributed by atoms with van der Waals surface area (Å²) in [7, 11) is 0. The van der Waals surface area contributed by atoms with E-state index in [-0.39, 0.29) is 41.5 Å². The van der Waals surface area contributed by atoms with E-state index >= 15 is 0 Å². The summed E-state index contributed by atoms with van der Waals surface area (Å²) in [5, 5.41) is 9.43. The molecule has 0 radical (unpaired) electrons. The Morgan fingerprint density at radius 3 is 2.21 bits per heavy atom. The highest BCUT2D eigenvalue weighted by Gasteiger charge is 2.21. The first kappa shape index (κ1) is 22.8. The van der Waals surface area contributed by atoms with Gasteiger partial charge in [0.05, 0.1) is 5.56 Å². The van der Waals surface area contributed by atoms with Crippen molar-refractivity contribution in [3.05, 3.63) is 58.9 Å². The van der Waals surface area contributed by atoms with E-state index in [0.717, 1.165) is 12.1 Å². The molecule has 29 heavy (non-hydrogen) atoms. The van der Waals surface area contributed by atoms with Gasteiger partial charge in [0.1, 0.15) is 12.3 Å². The monoisotopic (exact) mass is 414 g/mol. The highest BCUT2D eigenvalue weighted by Crippen LogP contribution is 2.31. The molecule has 2 aromatic carbocycles. The molecule has 0 aliphatic rings. The number of carboxylic acid groups (broad SMARTS) is 1. The van der Waals surface area contributed by atoms with Crippen LogP contribution in [-0.4, -0.2) is 23.4 Å². The van der Waals surface area contributed by atoms with Gasteiger partial charge in [-0.05, 0) is 60.6 Å². The lowest BCUT2D eigenvalue weighted by atomic mass is 9.90. The van der Waals surface area contributed by atoms with Gasteiger partial charge in [-0.25, -0.2) is 26.7 Å². The van der Waals surface area contributed by atoms with Gasteiger partial charge in [-0.2, -0.15) is 0 Å². The topological polar surface area (TPSA) is 37.3 Å². The first-order valence-electron chi connectivity index (χ1n) is 9.52. The highest BCUT2D eigenvalue weighted by atomic mass is 19.2. The number of carbonyl (C=O) groups is 1. The summed E-state index contributed by atoms with van der Waals surface area (Å²) in [5.74, 6) is -5.80. The van der Waals surface area contributed by atoms with Gasteiger partial charge in [0.2, 0.25) is 0 Å². The number of hydrogen-bond acceptors (Lipinski definition) is 1. The fraction of sp³-hybridized carbons (Fsp3) is 0.409. The fourth-order valence-corrected chi connectivity index (χ4v) is 3.33. The quantitative estimate of drug-likeness (QED) is 0.349. The Morgan fingerprint density at radius 2 is 1.62 bits per heavy atom. The van der Waals surface area contributed by atoms with E-state index in [1.54, 1.807) is 0 Å². The maximum atomic E-state index is 14.6. The molecule has 158 valence electrons. The Morgan fingerprint density at radius 1 is 1.00 bits per heavy atom. The molecule has 2 rings (SSSR count). The van der Waals surface area contributed by atoms with Crippen LogP contribution in [0.3, 0.4) is 0 Å². The Balaban J connectivity index is 2.29. The van der Waals surface area contributed by atoms with E-state index in [0.29, 0.717) is 19.3 Å². The van der Waals surface area contributed by atoms with Crippen molar-refractivity contribution in [2.24, 2.45) is 0 Å². The van der Waals surface area contributed by atoms with Crippen molar-refractivity contribution in [2.45, 2.75) is 57.8 Å². The SMILES string of the molecule is CCCC(F)CCCC(F)Cc1c(C(=O)O)cccc1-c1cc(F)c(F)c(F)c1. The van der Waals surface area contributed by atoms with Crippen molar-refractivity contribution in [1.82, 2.24) is 0 Å². The lowest BCUT2D eigenvalue weighted by Crippen LogP contribution is -2.12. The van der Waals surface area contributed by atoms with Crippen LogP contribution >= 0.6 is 0 Å². The van der Waals surface area contributed by atoms with Crippen LogP contribution in [0.2, 0.25) is 0 Å². The van der Waals surface area contributed by atoms with Gasteiger partial charge >= 0.3 is 5.97 Å². The lowest BCUT2D eigenvalue weighted by Gasteiger charge is -2.16. The summed E-state index contributed by atoms with van der Waals surface area (Å²) in [6.45, 7) is 1.86. The zero-order valence-corrected chi connectivity index (χ0v) is 16.0. The third kappa shape index (κ3) is 6.02. The molecule has 2 unspecified atom stereocenters. The van der Waals surface area contributed by atoms with Gasteiger partial charge in [-0.1, -0.05) is 25.5 Å². The van der Waals surface area contributed by atoms with Crippen LogP contribution in [0.1, 0.15) is 54.9 Å². The van der Waals surface area contributed by atoms with Crippen LogP contribution in [0.15, 0.2) is 30.3 Å². The molecule has 0 aromatic heterocycles. The third-order valence-corrected chi connectivity index (χ3v) is 4.76. The minimum atomic E-state index is -1.64. The van der Waals surface area contributed by atoms with Crippen molar-refractivity contribution >= 4 is 5.97 Å². The lowest BCUT2D eigenvalue weighted by molar-refractivity contribution is 0.0695. The van der Waals surface area contributed by atoms with Gasteiger partial charge in [0, 0.05) is 6.42 Å². The van der Waals surface area contributed by atoms with E-state index in [2.05, 4.69) is 0 Å². The second-order valence-corrected chi connectivity index (χ2v) is 7.01. The summed E-state index contributed by atoms with van der Waals surface area (Å²) in [4.78, 5) is 11.6.